The topological polar surface area (TPSA) is 112 Å². The van der Waals surface area contributed by atoms with Gasteiger partial charge in [0.1, 0.15) is 0 Å². The number of hydrogen-bond donors (Lipinski definition) is 3. The molecule has 7 heteroatoms. The lowest BCUT2D eigenvalue weighted by atomic mass is 9.91. The monoisotopic (exact) mass is 428 g/mol. The van der Waals surface area contributed by atoms with Gasteiger partial charge >= 0.3 is 17.9 Å². The molecule has 3 atom stereocenters. The second-order valence-electron chi connectivity index (χ2n) is 8.05. The van der Waals surface area contributed by atoms with Crippen LogP contribution >= 0.6 is 0 Å². The van der Waals surface area contributed by atoms with Gasteiger partial charge in [-0.1, -0.05) is 52.7 Å². The van der Waals surface area contributed by atoms with Gasteiger partial charge in [-0.2, -0.15) is 0 Å². The molecule has 0 aromatic heterocycles. The van der Waals surface area contributed by atoms with Crippen molar-refractivity contribution < 1.29 is 34.2 Å². The number of carboxylic acid groups (broad SMARTS) is 3. The van der Waals surface area contributed by atoms with Gasteiger partial charge in [0.25, 0.3) is 0 Å². The van der Waals surface area contributed by atoms with Gasteiger partial charge in [0.05, 0.1) is 6.54 Å². The average molecular weight is 429 g/mol. The van der Waals surface area contributed by atoms with E-state index in [1.54, 1.807) is 0 Å². The summed E-state index contributed by atoms with van der Waals surface area (Å²) in [5.41, 5.74) is 0. The van der Waals surface area contributed by atoms with E-state index in [0.29, 0.717) is 25.7 Å². The van der Waals surface area contributed by atoms with Crippen LogP contribution in [-0.4, -0.2) is 62.4 Å². The minimum Gasteiger partial charge on any atom is -0.477 e. The second kappa shape index (κ2) is 15.0. The quantitative estimate of drug-likeness (QED) is 0.166. The summed E-state index contributed by atoms with van der Waals surface area (Å²) in [5.74, 6) is -3.34. The highest BCUT2D eigenvalue weighted by molar-refractivity contribution is 5.78. The lowest BCUT2D eigenvalue weighted by Gasteiger charge is -2.50. The molecular formula is C23H42NO6+. The van der Waals surface area contributed by atoms with E-state index in [-0.39, 0.29) is 25.8 Å². The average Bonchev–Trinajstić information content (AvgIpc) is 2.68. The second-order valence-corrected chi connectivity index (χ2v) is 8.05. The molecule has 3 N–H and O–H groups in total. The van der Waals surface area contributed by atoms with Crippen LogP contribution in [0, 0.1) is 0 Å². The first-order chi connectivity index (χ1) is 14.2. The predicted molar refractivity (Wildman–Crippen MR) is 117 cm³/mol. The number of aliphatic carboxylic acids is 3. The third kappa shape index (κ3) is 7.74. The maximum atomic E-state index is 12.4. The van der Waals surface area contributed by atoms with Crippen LogP contribution in [0.15, 0.2) is 12.2 Å². The molecule has 0 aromatic carbocycles. The van der Waals surface area contributed by atoms with Gasteiger partial charge in [0.15, 0.2) is 18.1 Å². The van der Waals surface area contributed by atoms with Gasteiger partial charge in [-0.3, -0.25) is 4.48 Å². The van der Waals surface area contributed by atoms with E-state index >= 15 is 0 Å². The predicted octanol–water partition coefficient (Wildman–Crippen LogP) is 4.70. The number of allylic oxidation sites excluding steroid dienone is 1. The van der Waals surface area contributed by atoms with E-state index in [4.69, 9.17) is 0 Å². The van der Waals surface area contributed by atoms with Crippen molar-refractivity contribution in [2.45, 2.75) is 110 Å². The highest BCUT2D eigenvalue weighted by Gasteiger charge is 2.56. The molecule has 0 radical (unpaired) electrons. The third-order valence-corrected chi connectivity index (χ3v) is 5.86. The molecular weight excluding hydrogens is 386 g/mol. The Morgan fingerprint density at radius 3 is 1.33 bits per heavy atom. The fourth-order valence-electron chi connectivity index (χ4n) is 4.50. The van der Waals surface area contributed by atoms with E-state index in [0.717, 1.165) is 19.3 Å². The molecule has 0 fully saturated rings. The Labute approximate surface area is 181 Å². The van der Waals surface area contributed by atoms with Crippen LogP contribution in [0.5, 0.6) is 0 Å². The normalized spacial score (nSPS) is 16.7. The van der Waals surface area contributed by atoms with E-state index < -0.39 is 40.5 Å². The maximum Gasteiger partial charge on any atom is 0.362 e. The first-order valence-electron chi connectivity index (χ1n) is 11.4. The maximum absolute atomic E-state index is 12.4. The first-order valence-corrected chi connectivity index (χ1v) is 11.4. The van der Waals surface area contributed by atoms with Gasteiger partial charge in [0.2, 0.25) is 0 Å². The van der Waals surface area contributed by atoms with Crippen molar-refractivity contribution in [1.82, 2.24) is 0 Å². The zero-order chi connectivity index (χ0) is 23.2. The minimum atomic E-state index is -1.11. The zero-order valence-corrected chi connectivity index (χ0v) is 19.2. The molecule has 3 unspecified atom stereocenters. The lowest BCUT2D eigenvalue weighted by Crippen LogP contribution is -2.72. The van der Waals surface area contributed by atoms with E-state index in [1.165, 1.54) is 0 Å². The molecule has 0 bridgehead atoms. The van der Waals surface area contributed by atoms with Gasteiger partial charge in [0, 0.05) is 25.7 Å². The highest BCUT2D eigenvalue weighted by atomic mass is 16.4. The number of carboxylic acids is 3. The molecule has 0 saturated carbocycles. The number of rotatable bonds is 18. The summed E-state index contributed by atoms with van der Waals surface area (Å²) in [6.07, 6.45) is 9.81. The summed E-state index contributed by atoms with van der Waals surface area (Å²) in [6, 6.07) is -3.21. The highest BCUT2D eigenvalue weighted by Crippen LogP contribution is 2.34. The molecule has 0 aliphatic rings. The summed E-state index contributed by atoms with van der Waals surface area (Å²) in [4.78, 5) is 37.1. The van der Waals surface area contributed by atoms with Crippen LogP contribution in [0.25, 0.3) is 0 Å². The number of hydrogen-bond acceptors (Lipinski definition) is 3. The van der Waals surface area contributed by atoms with Crippen LogP contribution in [0.1, 0.15) is 91.9 Å². The summed E-state index contributed by atoms with van der Waals surface area (Å²) < 4.78 is -0.423. The molecule has 0 aromatic rings. The van der Waals surface area contributed by atoms with E-state index in [9.17, 15) is 29.7 Å². The Kier molecular flexibility index (Phi) is 14.0. The van der Waals surface area contributed by atoms with Crippen LogP contribution in [0.2, 0.25) is 0 Å². The molecule has 174 valence electrons. The Morgan fingerprint density at radius 2 is 1.03 bits per heavy atom. The standard InChI is InChI=1S/C23H41NO6/c1-5-9-10-11-12-13-17-24(18(14-6-2)21(25)26,19(15-7-3)22(27)28)20(16-8-4)23(29)30/h11-12,18-20H,5-10,13-17H2,1-4H3,(H2-,25,26,27,28,29,30)/p+1/b12-11-. The summed E-state index contributed by atoms with van der Waals surface area (Å²) in [6.45, 7) is 7.83. The van der Waals surface area contributed by atoms with E-state index in [1.807, 2.05) is 32.9 Å². The zero-order valence-electron chi connectivity index (χ0n) is 19.2. The van der Waals surface area contributed by atoms with Gasteiger partial charge in [-0.05, 0) is 25.7 Å². The Balaban J connectivity index is 6.54. The largest absolute Gasteiger partial charge is 0.477 e. The molecule has 0 rings (SSSR count). The number of unbranched alkanes of at least 4 members (excludes halogenated alkanes) is 2. The Hall–Kier alpha value is -1.89. The third-order valence-electron chi connectivity index (χ3n) is 5.86. The molecule has 0 saturated heterocycles. The van der Waals surface area contributed by atoms with Crippen molar-refractivity contribution in [1.29, 1.82) is 0 Å². The van der Waals surface area contributed by atoms with Crippen molar-refractivity contribution in [3.8, 4) is 0 Å². The molecule has 0 heterocycles. The lowest BCUT2D eigenvalue weighted by molar-refractivity contribution is -0.973. The minimum absolute atomic E-state index is 0.188. The van der Waals surface area contributed by atoms with Crippen LogP contribution in [-0.2, 0) is 14.4 Å². The van der Waals surface area contributed by atoms with Gasteiger partial charge in [-0.15, -0.1) is 0 Å². The summed E-state index contributed by atoms with van der Waals surface area (Å²) in [5, 5.41) is 30.3. The molecule has 7 nitrogen and oxygen atoms in total. The first kappa shape index (κ1) is 28.1. The SMILES string of the molecule is CCCC/C=C\CC[N+](C(CCC)C(=O)O)(C(CCC)C(=O)O)C(CCC)C(=O)O. The van der Waals surface area contributed by atoms with Crippen molar-refractivity contribution in [3.63, 3.8) is 0 Å². The van der Waals surface area contributed by atoms with Crippen molar-refractivity contribution >= 4 is 17.9 Å². The fourth-order valence-corrected chi connectivity index (χ4v) is 4.50. The van der Waals surface area contributed by atoms with Crippen molar-refractivity contribution in [3.05, 3.63) is 12.2 Å². The Bertz CT molecular complexity index is 500. The van der Waals surface area contributed by atoms with Crippen molar-refractivity contribution in [2.75, 3.05) is 6.54 Å². The van der Waals surface area contributed by atoms with Crippen LogP contribution in [0.3, 0.4) is 0 Å². The van der Waals surface area contributed by atoms with Gasteiger partial charge < -0.3 is 15.3 Å². The molecule has 0 aliphatic heterocycles. The number of carbonyl (C=O) groups is 3. The van der Waals surface area contributed by atoms with Gasteiger partial charge in [-0.25, -0.2) is 14.4 Å². The Morgan fingerprint density at radius 1 is 0.667 bits per heavy atom. The number of nitrogens with zero attached hydrogens (tertiary/aromatic N) is 1. The van der Waals surface area contributed by atoms with Crippen molar-refractivity contribution in [2.24, 2.45) is 0 Å². The smallest absolute Gasteiger partial charge is 0.362 e. The molecule has 0 aliphatic carbocycles. The fraction of sp³-hybridized carbons (Fsp3) is 0.783. The van der Waals surface area contributed by atoms with Crippen LogP contribution in [0.4, 0.5) is 0 Å². The van der Waals surface area contributed by atoms with E-state index in [2.05, 4.69) is 6.92 Å². The molecule has 0 amide bonds. The summed E-state index contributed by atoms with van der Waals surface area (Å²) in [7, 11) is 0. The molecule has 0 spiro atoms. The van der Waals surface area contributed by atoms with Crippen LogP contribution < -0.4 is 0 Å². The molecule has 30 heavy (non-hydrogen) atoms. The number of quaternary nitrogens is 1. The summed E-state index contributed by atoms with van der Waals surface area (Å²) >= 11 is 0.